The molecule has 1 aliphatic rings. The second kappa shape index (κ2) is 8.64. The molecule has 1 saturated heterocycles. The lowest BCUT2D eigenvalue weighted by atomic mass is 9.87. The summed E-state index contributed by atoms with van der Waals surface area (Å²) in [6.07, 6.45) is 5.11. The molecular formula is C23H26N6O2. The van der Waals surface area contributed by atoms with Crippen LogP contribution in [0.1, 0.15) is 38.1 Å². The number of hydrogen-bond acceptors (Lipinski definition) is 7. The van der Waals surface area contributed by atoms with Gasteiger partial charge in [0.25, 0.3) is 0 Å². The second-order valence-electron chi connectivity index (χ2n) is 8.22. The molecule has 4 rings (SSSR count). The standard InChI is InChI=1S/C23H26N6O2/c1-15(2)18-6-8-28(9-7-18)22-11-23(27-16(3)26-22)31-21-10-17(12-24)4-5-20(21)29-14-19(30)13-25-29/h4-5,10-11,13-15,18,30H,6-9H2,1-3H3. The van der Waals surface area contributed by atoms with Crippen LogP contribution in [0.4, 0.5) is 5.82 Å². The van der Waals surface area contributed by atoms with Gasteiger partial charge in [-0.3, -0.25) is 0 Å². The highest BCUT2D eigenvalue weighted by Gasteiger charge is 2.23. The summed E-state index contributed by atoms with van der Waals surface area (Å²) in [5.74, 6) is 3.77. The molecule has 1 N–H and O–H groups in total. The molecule has 3 heterocycles. The van der Waals surface area contributed by atoms with Crippen LogP contribution in [0.15, 0.2) is 36.7 Å². The van der Waals surface area contributed by atoms with Gasteiger partial charge in [0.15, 0.2) is 11.5 Å². The number of nitriles is 1. The number of aryl methyl sites for hydroxylation is 1. The van der Waals surface area contributed by atoms with Crippen LogP contribution in [0.3, 0.4) is 0 Å². The summed E-state index contributed by atoms with van der Waals surface area (Å²) in [6.45, 7) is 8.33. The minimum atomic E-state index is 0.0419. The molecule has 0 amide bonds. The smallest absolute Gasteiger partial charge is 0.224 e. The zero-order valence-electron chi connectivity index (χ0n) is 18.0. The molecule has 0 aliphatic carbocycles. The highest BCUT2D eigenvalue weighted by Crippen LogP contribution is 2.32. The van der Waals surface area contributed by atoms with E-state index in [1.54, 1.807) is 18.2 Å². The Kier molecular flexibility index (Phi) is 5.76. The summed E-state index contributed by atoms with van der Waals surface area (Å²) in [5, 5.41) is 23.1. The topological polar surface area (TPSA) is 100 Å². The predicted octanol–water partition coefficient (Wildman–Crippen LogP) is 4.21. The SMILES string of the molecule is Cc1nc(Oc2cc(C#N)ccc2-n2cc(O)cn2)cc(N2CCC(C(C)C)CC2)n1. The van der Waals surface area contributed by atoms with Gasteiger partial charge in [-0.25, -0.2) is 9.67 Å². The third-order valence-corrected chi connectivity index (χ3v) is 5.73. The van der Waals surface area contributed by atoms with Gasteiger partial charge >= 0.3 is 0 Å². The van der Waals surface area contributed by atoms with Crippen molar-refractivity contribution in [3.05, 3.63) is 48.0 Å². The summed E-state index contributed by atoms with van der Waals surface area (Å²) in [7, 11) is 0. The van der Waals surface area contributed by atoms with Crippen LogP contribution in [0.25, 0.3) is 5.69 Å². The van der Waals surface area contributed by atoms with Crippen LogP contribution in [0.2, 0.25) is 0 Å². The third kappa shape index (κ3) is 4.61. The summed E-state index contributed by atoms with van der Waals surface area (Å²) in [5.41, 5.74) is 1.05. The van der Waals surface area contributed by atoms with Crippen LogP contribution < -0.4 is 9.64 Å². The number of anilines is 1. The fourth-order valence-corrected chi connectivity index (χ4v) is 3.95. The number of aromatic nitrogens is 4. The molecule has 8 heteroatoms. The Labute approximate surface area is 181 Å². The van der Waals surface area contributed by atoms with Gasteiger partial charge in [-0.2, -0.15) is 15.3 Å². The normalized spacial score (nSPS) is 14.6. The molecule has 1 aliphatic heterocycles. The van der Waals surface area contributed by atoms with E-state index < -0.39 is 0 Å². The van der Waals surface area contributed by atoms with Gasteiger partial charge in [0, 0.05) is 25.2 Å². The number of rotatable bonds is 5. The summed E-state index contributed by atoms with van der Waals surface area (Å²) < 4.78 is 7.61. The molecule has 0 unspecified atom stereocenters. The minimum Gasteiger partial charge on any atom is -0.505 e. The lowest BCUT2D eigenvalue weighted by Crippen LogP contribution is -2.35. The van der Waals surface area contributed by atoms with Gasteiger partial charge < -0.3 is 14.7 Å². The van der Waals surface area contributed by atoms with Crippen molar-refractivity contribution in [1.29, 1.82) is 5.26 Å². The second-order valence-corrected chi connectivity index (χ2v) is 8.22. The van der Waals surface area contributed by atoms with Crippen LogP contribution in [-0.4, -0.2) is 37.9 Å². The monoisotopic (exact) mass is 418 g/mol. The Morgan fingerprint density at radius 1 is 1.19 bits per heavy atom. The van der Waals surface area contributed by atoms with Crippen LogP contribution in [0.5, 0.6) is 17.4 Å². The molecule has 0 radical (unpaired) electrons. The van der Waals surface area contributed by atoms with Gasteiger partial charge in [-0.05, 0) is 43.7 Å². The predicted molar refractivity (Wildman–Crippen MR) is 117 cm³/mol. The fraction of sp³-hybridized carbons (Fsp3) is 0.391. The summed E-state index contributed by atoms with van der Waals surface area (Å²) in [4.78, 5) is 11.3. The van der Waals surface area contributed by atoms with E-state index in [-0.39, 0.29) is 5.75 Å². The van der Waals surface area contributed by atoms with E-state index in [1.165, 1.54) is 17.1 Å². The molecule has 3 aromatic rings. The van der Waals surface area contributed by atoms with Crippen molar-refractivity contribution < 1.29 is 9.84 Å². The number of benzene rings is 1. The average molecular weight is 419 g/mol. The highest BCUT2D eigenvalue weighted by atomic mass is 16.5. The number of aromatic hydroxyl groups is 1. The van der Waals surface area contributed by atoms with Crippen molar-refractivity contribution in [3.8, 4) is 29.1 Å². The van der Waals surface area contributed by atoms with Crippen LogP contribution in [0, 0.1) is 30.1 Å². The molecule has 31 heavy (non-hydrogen) atoms. The quantitative estimate of drug-likeness (QED) is 0.662. The lowest BCUT2D eigenvalue weighted by Gasteiger charge is -2.34. The number of hydrogen-bond donors (Lipinski definition) is 1. The molecule has 8 nitrogen and oxygen atoms in total. The average Bonchev–Trinajstić information content (AvgIpc) is 3.19. The summed E-state index contributed by atoms with van der Waals surface area (Å²) >= 11 is 0. The van der Waals surface area contributed by atoms with Gasteiger partial charge in [0.1, 0.15) is 17.3 Å². The molecule has 0 atom stereocenters. The maximum atomic E-state index is 9.66. The number of ether oxygens (including phenoxy) is 1. The first-order chi connectivity index (χ1) is 14.9. The van der Waals surface area contributed by atoms with Crippen LogP contribution in [-0.2, 0) is 0 Å². The van der Waals surface area contributed by atoms with E-state index in [0.29, 0.717) is 34.6 Å². The van der Waals surface area contributed by atoms with Crippen molar-refractivity contribution in [2.45, 2.75) is 33.6 Å². The first kappa shape index (κ1) is 20.7. The third-order valence-electron chi connectivity index (χ3n) is 5.73. The molecule has 1 aromatic carbocycles. The van der Waals surface area contributed by atoms with E-state index in [2.05, 4.69) is 39.9 Å². The zero-order chi connectivity index (χ0) is 22.0. The van der Waals surface area contributed by atoms with E-state index in [4.69, 9.17) is 4.74 Å². The van der Waals surface area contributed by atoms with Gasteiger partial charge in [-0.15, -0.1) is 0 Å². The van der Waals surface area contributed by atoms with Crippen molar-refractivity contribution >= 4 is 5.82 Å². The summed E-state index contributed by atoms with van der Waals surface area (Å²) in [6, 6.07) is 9.01. The molecule has 2 aromatic heterocycles. The van der Waals surface area contributed by atoms with Gasteiger partial charge in [-0.1, -0.05) is 13.8 Å². The zero-order valence-corrected chi connectivity index (χ0v) is 18.0. The highest BCUT2D eigenvalue weighted by molar-refractivity contribution is 5.53. The Morgan fingerprint density at radius 3 is 2.61 bits per heavy atom. The molecule has 160 valence electrons. The van der Waals surface area contributed by atoms with Crippen molar-refractivity contribution in [2.75, 3.05) is 18.0 Å². The maximum Gasteiger partial charge on any atom is 0.224 e. The van der Waals surface area contributed by atoms with E-state index in [9.17, 15) is 10.4 Å². The fourth-order valence-electron chi connectivity index (χ4n) is 3.95. The van der Waals surface area contributed by atoms with Gasteiger partial charge in [0.2, 0.25) is 5.88 Å². The van der Waals surface area contributed by atoms with Crippen molar-refractivity contribution in [1.82, 2.24) is 19.7 Å². The van der Waals surface area contributed by atoms with Crippen LogP contribution >= 0.6 is 0 Å². The minimum absolute atomic E-state index is 0.0419. The van der Waals surface area contributed by atoms with Gasteiger partial charge in [0.05, 0.1) is 24.0 Å². The molecule has 0 bridgehead atoms. The van der Waals surface area contributed by atoms with Crippen molar-refractivity contribution in [2.24, 2.45) is 11.8 Å². The largest absolute Gasteiger partial charge is 0.505 e. The Hall–Kier alpha value is -3.60. The first-order valence-corrected chi connectivity index (χ1v) is 10.5. The Morgan fingerprint density at radius 2 is 1.97 bits per heavy atom. The maximum absolute atomic E-state index is 9.66. The van der Waals surface area contributed by atoms with E-state index in [1.807, 2.05) is 13.0 Å². The Balaban J connectivity index is 1.62. The first-order valence-electron chi connectivity index (χ1n) is 10.5. The number of nitrogens with zero attached hydrogens (tertiary/aromatic N) is 6. The van der Waals surface area contributed by atoms with E-state index in [0.717, 1.165) is 37.7 Å². The Bertz CT molecular complexity index is 1110. The molecule has 1 fully saturated rings. The number of piperidine rings is 1. The van der Waals surface area contributed by atoms with Crippen molar-refractivity contribution in [3.63, 3.8) is 0 Å². The lowest BCUT2D eigenvalue weighted by molar-refractivity contribution is 0.310. The molecule has 0 saturated carbocycles. The molecule has 0 spiro atoms. The molecular weight excluding hydrogens is 392 g/mol. The van der Waals surface area contributed by atoms with E-state index >= 15 is 0 Å².